The normalized spacial score (nSPS) is 14.7. The van der Waals surface area contributed by atoms with Crippen molar-refractivity contribution in [3.63, 3.8) is 0 Å². The summed E-state index contributed by atoms with van der Waals surface area (Å²) in [4.78, 5) is 17.0. The maximum absolute atomic E-state index is 12.4. The molecule has 1 fully saturated rings. The molecule has 1 heterocycles. The summed E-state index contributed by atoms with van der Waals surface area (Å²) in [6, 6.07) is 7.97. The van der Waals surface area contributed by atoms with Crippen LogP contribution in [0.2, 0.25) is 0 Å². The van der Waals surface area contributed by atoms with E-state index in [1.54, 1.807) is 7.11 Å². The zero-order valence-corrected chi connectivity index (χ0v) is 15.9. The van der Waals surface area contributed by atoms with Crippen molar-refractivity contribution >= 4 is 23.4 Å². The van der Waals surface area contributed by atoms with Gasteiger partial charge in [0.1, 0.15) is 5.75 Å². The minimum Gasteiger partial charge on any atom is -0.495 e. The number of para-hydroxylation sites is 2. The summed E-state index contributed by atoms with van der Waals surface area (Å²) in [5.74, 6) is 0.950. The molecule has 0 atom stereocenters. The minimum atomic E-state index is -0.0502. The average Bonchev–Trinajstić information content (AvgIpc) is 3.22. The highest BCUT2D eigenvalue weighted by atomic mass is 32.2. The summed E-state index contributed by atoms with van der Waals surface area (Å²) in [7, 11) is 1.60. The molecule has 0 saturated heterocycles. The van der Waals surface area contributed by atoms with Crippen LogP contribution in [0.5, 0.6) is 5.75 Å². The van der Waals surface area contributed by atoms with E-state index in [-0.39, 0.29) is 5.91 Å². The van der Waals surface area contributed by atoms with Gasteiger partial charge in [0.05, 0.1) is 24.2 Å². The Hall–Kier alpha value is -1.95. The fourth-order valence-corrected chi connectivity index (χ4v) is 4.31. The number of ether oxygens (including phenoxy) is 1. The number of nitrogens with one attached hydrogen (secondary N) is 1. The maximum atomic E-state index is 12.4. The number of anilines is 1. The number of rotatable bonds is 6. The lowest BCUT2D eigenvalue weighted by molar-refractivity contribution is -0.113. The van der Waals surface area contributed by atoms with Gasteiger partial charge < -0.3 is 14.6 Å². The lowest BCUT2D eigenvalue weighted by atomic mass is 10.2. The number of nitrogens with zero attached hydrogens (tertiary/aromatic N) is 2. The molecule has 0 bridgehead atoms. The molecule has 6 heteroatoms. The molecule has 1 aliphatic rings. The van der Waals surface area contributed by atoms with E-state index in [0.29, 0.717) is 23.2 Å². The highest BCUT2D eigenvalue weighted by Gasteiger charge is 2.23. The van der Waals surface area contributed by atoms with Gasteiger partial charge in [-0.25, -0.2) is 4.98 Å². The van der Waals surface area contributed by atoms with Crippen molar-refractivity contribution in [2.24, 2.45) is 0 Å². The highest BCUT2D eigenvalue weighted by molar-refractivity contribution is 7.99. The Morgan fingerprint density at radius 1 is 1.32 bits per heavy atom. The third kappa shape index (κ3) is 4.00. The quantitative estimate of drug-likeness (QED) is 0.779. The SMILES string of the molecule is COc1ccccc1NC(=O)CSc1nc(C)c(C)n1C1CCCC1. The molecular formula is C19H25N3O2S. The molecule has 1 saturated carbocycles. The van der Waals surface area contributed by atoms with Crippen LogP contribution in [0.25, 0.3) is 0 Å². The Morgan fingerprint density at radius 2 is 2.04 bits per heavy atom. The van der Waals surface area contributed by atoms with E-state index >= 15 is 0 Å². The molecular weight excluding hydrogens is 334 g/mol. The summed E-state index contributed by atoms with van der Waals surface area (Å²) in [5, 5.41) is 3.88. The third-order valence-corrected chi connectivity index (χ3v) is 5.71. The van der Waals surface area contributed by atoms with Crippen molar-refractivity contribution in [2.75, 3.05) is 18.2 Å². The van der Waals surface area contributed by atoms with Crippen LogP contribution >= 0.6 is 11.8 Å². The summed E-state index contributed by atoms with van der Waals surface area (Å²) >= 11 is 1.51. The molecule has 0 aliphatic heterocycles. The van der Waals surface area contributed by atoms with Crippen LogP contribution in [0.1, 0.15) is 43.1 Å². The van der Waals surface area contributed by atoms with Crippen LogP contribution in [0.15, 0.2) is 29.4 Å². The third-order valence-electron chi connectivity index (χ3n) is 4.76. The lowest BCUT2D eigenvalue weighted by Gasteiger charge is -2.17. The number of aromatic nitrogens is 2. The Morgan fingerprint density at radius 3 is 2.76 bits per heavy atom. The highest BCUT2D eigenvalue weighted by Crippen LogP contribution is 2.35. The number of methoxy groups -OCH3 is 1. The monoisotopic (exact) mass is 359 g/mol. The smallest absolute Gasteiger partial charge is 0.234 e. The molecule has 1 amide bonds. The predicted octanol–water partition coefficient (Wildman–Crippen LogP) is 4.35. The molecule has 0 radical (unpaired) electrons. The van der Waals surface area contributed by atoms with Crippen molar-refractivity contribution in [1.82, 2.24) is 9.55 Å². The van der Waals surface area contributed by atoms with Gasteiger partial charge in [0, 0.05) is 11.7 Å². The van der Waals surface area contributed by atoms with Gasteiger partial charge in [-0.05, 0) is 38.8 Å². The van der Waals surface area contributed by atoms with E-state index < -0.39 is 0 Å². The van der Waals surface area contributed by atoms with Gasteiger partial charge in [0.25, 0.3) is 0 Å². The van der Waals surface area contributed by atoms with Crippen LogP contribution in [-0.4, -0.2) is 28.3 Å². The zero-order chi connectivity index (χ0) is 17.8. The van der Waals surface area contributed by atoms with Crippen molar-refractivity contribution in [3.05, 3.63) is 35.7 Å². The van der Waals surface area contributed by atoms with E-state index in [2.05, 4.69) is 21.8 Å². The second kappa shape index (κ2) is 7.95. The summed E-state index contributed by atoms with van der Waals surface area (Å²) in [5.41, 5.74) is 2.97. The first-order valence-electron chi connectivity index (χ1n) is 8.71. The largest absolute Gasteiger partial charge is 0.495 e. The van der Waals surface area contributed by atoms with Crippen LogP contribution in [0.3, 0.4) is 0 Å². The standard InChI is InChI=1S/C19H25N3O2S/c1-13-14(2)22(15-8-4-5-9-15)19(20-13)25-12-18(23)21-16-10-6-7-11-17(16)24-3/h6-7,10-11,15H,4-5,8-9,12H2,1-3H3,(H,21,23). The van der Waals surface area contributed by atoms with Crippen LogP contribution < -0.4 is 10.1 Å². The predicted molar refractivity (Wildman–Crippen MR) is 102 cm³/mol. The van der Waals surface area contributed by atoms with Gasteiger partial charge in [0.15, 0.2) is 5.16 Å². The number of benzene rings is 1. The van der Waals surface area contributed by atoms with Crippen LogP contribution in [0.4, 0.5) is 5.69 Å². The van der Waals surface area contributed by atoms with Gasteiger partial charge in [-0.15, -0.1) is 0 Å². The maximum Gasteiger partial charge on any atom is 0.234 e. The van der Waals surface area contributed by atoms with Crippen molar-refractivity contribution in [2.45, 2.75) is 50.7 Å². The molecule has 0 spiro atoms. The fourth-order valence-electron chi connectivity index (χ4n) is 3.35. The van der Waals surface area contributed by atoms with Crippen molar-refractivity contribution in [3.8, 4) is 5.75 Å². The zero-order valence-electron chi connectivity index (χ0n) is 15.0. The first-order chi connectivity index (χ1) is 12.1. The second-order valence-corrected chi connectivity index (χ2v) is 7.35. The van der Waals surface area contributed by atoms with E-state index in [4.69, 9.17) is 4.74 Å². The van der Waals surface area contributed by atoms with E-state index in [0.717, 1.165) is 10.9 Å². The molecule has 1 aliphatic carbocycles. The van der Waals surface area contributed by atoms with Crippen LogP contribution in [0, 0.1) is 13.8 Å². The van der Waals surface area contributed by atoms with E-state index in [9.17, 15) is 4.79 Å². The lowest BCUT2D eigenvalue weighted by Crippen LogP contribution is -2.16. The first kappa shape index (κ1) is 17.9. The molecule has 1 N–H and O–H groups in total. The Labute approximate surface area is 153 Å². The topological polar surface area (TPSA) is 56.1 Å². The van der Waals surface area contributed by atoms with E-state index in [1.807, 2.05) is 31.2 Å². The number of imidazole rings is 1. The molecule has 5 nitrogen and oxygen atoms in total. The number of thioether (sulfide) groups is 1. The van der Waals surface area contributed by atoms with Crippen molar-refractivity contribution in [1.29, 1.82) is 0 Å². The molecule has 25 heavy (non-hydrogen) atoms. The molecule has 2 aromatic rings. The second-order valence-electron chi connectivity index (χ2n) is 6.41. The fraction of sp³-hybridized carbons (Fsp3) is 0.474. The summed E-state index contributed by atoms with van der Waals surface area (Å²) < 4.78 is 7.61. The Kier molecular flexibility index (Phi) is 5.68. The van der Waals surface area contributed by atoms with Gasteiger partial charge >= 0.3 is 0 Å². The van der Waals surface area contributed by atoms with E-state index in [1.165, 1.54) is 43.1 Å². The minimum absolute atomic E-state index is 0.0502. The number of hydrogen-bond donors (Lipinski definition) is 1. The van der Waals surface area contributed by atoms with Crippen LogP contribution in [-0.2, 0) is 4.79 Å². The molecule has 3 rings (SSSR count). The molecule has 134 valence electrons. The number of aryl methyl sites for hydroxylation is 1. The number of amides is 1. The number of carbonyl (C=O) groups excluding carboxylic acids is 1. The van der Waals surface area contributed by atoms with Gasteiger partial charge in [-0.3, -0.25) is 4.79 Å². The summed E-state index contributed by atoms with van der Waals surface area (Å²) in [6.45, 7) is 4.17. The summed E-state index contributed by atoms with van der Waals surface area (Å²) in [6.07, 6.45) is 4.97. The number of hydrogen-bond acceptors (Lipinski definition) is 4. The Balaban J connectivity index is 1.67. The van der Waals surface area contributed by atoms with Gasteiger partial charge in [-0.2, -0.15) is 0 Å². The molecule has 1 aromatic carbocycles. The molecule has 1 aromatic heterocycles. The van der Waals surface area contributed by atoms with Crippen molar-refractivity contribution < 1.29 is 9.53 Å². The Bertz CT molecular complexity index is 751. The number of carbonyl (C=O) groups is 1. The average molecular weight is 359 g/mol. The first-order valence-corrected chi connectivity index (χ1v) is 9.69. The van der Waals surface area contributed by atoms with Gasteiger partial charge in [0.2, 0.25) is 5.91 Å². The molecule has 0 unspecified atom stereocenters. The van der Waals surface area contributed by atoms with Gasteiger partial charge in [-0.1, -0.05) is 36.7 Å².